The molecule has 0 spiro atoms. The van der Waals surface area contributed by atoms with Crippen molar-refractivity contribution >= 4 is 11.6 Å². The van der Waals surface area contributed by atoms with Gasteiger partial charge in [-0.3, -0.25) is 5.10 Å². The highest BCUT2D eigenvalue weighted by atomic mass is 35.5. The van der Waals surface area contributed by atoms with Crippen molar-refractivity contribution in [3.05, 3.63) is 34.9 Å². The molecular formula is C11H11ClFN3. The second-order valence-corrected chi connectivity index (χ2v) is 4.23. The molecule has 3 nitrogen and oxygen atoms in total. The molecule has 1 N–H and O–H groups in total. The zero-order chi connectivity index (χ0) is 11.7. The SMILES string of the molecule is CC(C)c1nc(-c2ccc(F)cc2Cl)n[nH]1. The second kappa shape index (κ2) is 4.22. The summed E-state index contributed by atoms with van der Waals surface area (Å²) in [6.45, 7) is 4.02. The molecule has 2 aromatic rings. The minimum absolute atomic E-state index is 0.264. The standard InChI is InChI=1S/C11H11ClFN3/c1-6(2)10-14-11(16-15-10)8-4-3-7(13)5-9(8)12/h3-6H,1-2H3,(H,14,15,16). The third-order valence-corrected chi connectivity index (χ3v) is 2.53. The molecule has 1 aromatic carbocycles. The summed E-state index contributed by atoms with van der Waals surface area (Å²) in [5, 5.41) is 7.20. The maximum absolute atomic E-state index is 12.9. The fourth-order valence-corrected chi connectivity index (χ4v) is 1.58. The maximum atomic E-state index is 12.9. The fraction of sp³-hybridized carbons (Fsp3) is 0.273. The number of nitrogens with one attached hydrogen (secondary N) is 1. The Bertz CT molecular complexity index is 508. The van der Waals surface area contributed by atoms with E-state index in [1.54, 1.807) is 6.07 Å². The Hall–Kier alpha value is -1.42. The van der Waals surface area contributed by atoms with Crippen LogP contribution in [0.4, 0.5) is 4.39 Å². The minimum Gasteiger partial charge on any atom is -0.262 e. The van der Waals surface area contributed by atoms with E-state index >= 15 is 0 Å². The Morgan fingerprint density at radius 2 is 2.12 bits per heavy atom. The van der Waals surface area contributed by atoms with Gasteiger partial charge in [0.25, 0.3) is 0 Å². The first-order valence-corrected chi connectivity index (χ1v) is 5.33. The first-order valence-electron chi connectivity index (χ1n) is 4.95. The van der Waals surface area contributed by atoms with E-state index in [4.69, 9.17) is 11.6 Å². The normalized spacial score (nSPS) is 11.1. The molecule has 84 valence electrons. The largest absolute Gasteiger partial charge is 0.262 e. The molecule has 0 atom stereocenters. The van der Waals surface area contributed by atoms with Gasteiger partial charge < -0.3 is 0 Å². The third kappa shape index (κ3) is 2.07. The van der Waals surface area contributed by atoms with Gasteiger partial charge in [-0.2, -0.15) is 5.10 Å². The van der Waals surface area contributed by atoms with Crippen molar-refractivity contribution in [2.45, 2.75) is 19.8 Å². The molecule has 0 saturated carbocycles. The highest BCUT2D eigenvalue weighted by Gasteiger charge is 2.11. The third-order valence-electron chi connectivity index (χ3n) is 2.22. The Kier molecular flexibility index (Phi) is 2.92. The van der Waals surface area contributed by atoms with Crippen molar-refractivity contribution in [2.24, 2.45) is 0 Å². The lowest BCUT2D eigenvalue weighted by Crippen LogP contribution is -1.89. The Labute approximate surface area is 97.7 Å². The molecule has 0 aliphatic carbocycles. The lowest BCUT2D eigenvalue weighted by molar-refractivity contribution is 0.628. The summed E-state index contributed by atoms with van der Waals surface area (Å²) in [4.78, 5) is 4.30. The number of nitrogens with zero attached hydrogens (tertiary/aromatic N) is 2. The average Bonchev–Trinajstić information content (AvgIpc) is 2.66. The first kappa shape index (κ1) is 11.1. The van der Waals surface area contributed by atoms with Gasteiger partial charge in [0.2, 0.25) is 0 Å². The first-order chi connectivity index (χ1) is 7.58. The van der Waals surface area contributed by atoms with Gasteiger partial charge >= 0.3 is 0 Å². The Morgan fingerprint density at radius 1 is 1.38 bits per heavy atom. The number of hydrogen-bond donors (Lipinski definition) is 1. The zero-order valence-corrected chi connectivity index (χ0v) is 9.72. The van der Waals surface area contributed by atoms with Crippen LogP contribution in [0.15, 0.2) is 18.2 Å². The predicted molar refractivity (Wildman–Crippen MR) is 60.9 cm³/mol. The number of aromatic nitrogens is 3. The van der Waals surface area contributed by atoms with Gasteiger partial charge in [0, 0.05) is 11.5 Å². The quantitative estimate of drug-likeness (QED) is 0.873. The van der Waals surface area contributed by atoms with Gasteiger partial charge in [-0.15, -0.1) is 0 Å². The zero-order valence-electron chi connectivity index (χ0n) is 8.96. The number of rotatable bonds is 2. The number of halogens is 2. The molecule has 0 fully saturated rings. The van der Waals surface area contributed by atoms with Crippen LogP contribution in [-0.4, -0.2) is 15.2 Å². The fourth-order valence-electron chi connectivity index (χ4n) is 1.32. The van der Waals surface area contributed by atoms with Gasteiger partial charge in [-0.05, 0) is 18.2 Å². The number of benzene rings is 1. The van der Waals surface area contributed by atoms with E-state index < -0.39 is 0 Å². The van der Waals surface area contributed by atoms with Crippen LogP contribution in [-0.2, 0) is 0 Å². The molecule has 0 amide bonds. The highest BCUT2D eigenvalue weighted by molar-refractivity contribution is 6.33. The van der Waals surface area contributed by atoms with E-state index in [2.05, 4.69) is 15.2 Å². The summed E-state index contributed by atoms with van der Waals surface area (Å²) in [5.74, 6) is 1.18. The van der Waals surface area contributed by atoms with Crippen LogP contribution >= 0.6 is 11.6 Å². The summed E-state index contributed by atoms with van der Waals surface area (Å²) in [5.41, 5.74) is 0.631. The van der Waals surface area contributed by atoms with Crippen LogP contribution in [0.3, 0.4) is 0 Å². The predicted octanol–water partition coefficient (Wildman–Crippen LogP) is 3.39. The van der Waals surface area contributed by atoms with Crippen molar-refractivity contribution in [1.82, 2.24) is 15.2 Å². The number of aromatic amines is 1. The van der Waals surface area contributed by atoms with Crippen molar-refractivity contribution < 1.29 is 4.39 Å². The van der Waals surface area contributed by atoms with Gasteiger partial charge in [-0.1, -0.05) is 25.4 Å². The monoisotopic (exact) mass is 239 g/mol. The molecule has 2 rings (SSSR count). The van der Waals surface area contributed by atoms with E-state index in [-0.39, 0.29) is 11.7 Å². The maximum Gasteiger partial charge on any atom is 0.182 e. The number of H-pyrrole nitrogens is 1. The van der Waals surface area contributed by atoms with E-state index in [9.17, 15) is 4.39 Å². The summed E-state index contributed by atoms with van der Waals surface area (Å²) in [6, 6.07) is 4.17. The Balaban J connectivity index is 2.42. The van der Waals surface area contributed by atoms with Crippen LogP contribution in [0.2, 0.25) is 5.02 Å². The molecular weight excluding hydrogens is 229 g/mol. The van der Waals surface area contributed by atoms with E-state index in [0.29, 0.717) is 16.4 Å². The van der Waals surface area contributed by atoms with E-state index in [0.717, 1.165) is 5.82 Å². The van der Waals surface area contributed by atoms with Crippen LogP contribution in [0.5, 0.6) is 0 Å². The van der Waals surface area contributed by atoms with Crippen molar-refractivity contribution in [3.63, 3.8) is 0 Å². The van der Waals surface area contributed by atoms with Gasteiger partial charge in [-0.25, -0.2) is 9.37 Å². The number of hydrogen-bond acceptors (Lipinski definition) is 2. The van der Waals surface area contributed by atoms with Crippen LogP contribution in [0.1, 0.15) is 25.6 Å². The average molecular weight is 240 g/mol. The van der Waals surface area contributed by atoms with Crippen LogP contribution in [0, 0.1) is 5.82 Å². The molecule has 0 aliphatic rings. The van der Waals surface area contributed by atoms with Gasteiger partial charge in [0.15, 0.2) is 5.82 Å². The van der Waals surface area contributed by atoms with Crippen molar-refractivity contribution in [1.29, 1.82) is 0 Å². The summed E-state index contributed by atoms with van der Waals surface area (Å²) < 4.78 is 12.9. The Morgan fingerprint density at radius 3 is 2.69 bits per heavy atom. The lowest BCUT2D eigenvalue weighted by Gasteiger charge is -1.99. The molecule has 1 aromatic heterocycles. The molecule has 1 heterocycles. The molecule has 5 heteroatoms. The van der Waals surface area contributed by atoms with Gasteiger partial charge in [0.05, 0.1) is 5.02 Å². The van der Waals surface area contributed by atoms with Crippen LogP contribution in [0.25, 0.3) is 11.4 Å². The summed E-state index contributed by atoms with van der Waals surface area (Å²) in [6.07, 6.45) is 0. The molecule has 0 aliphatic heterocycles. The minimum atomic E-state index is -0.367. The van der Waals surface area contributed by atoms with Crippen molar-refractivity contribution in [2.75, 3.05) is 0 Å². The molecule has 0 bridgehead atoms. The topological polar surface area (TPSA) is 41.6 Å². The van der Waals surface area contributed by atoms with Gasteiger partial charge in [0.1, 0.15) is 11.6 Å². The molecule has 0 saturated heterocycles. The molecule has 0 unspecified atom stereocenters. The highest BCUT2D eigenvalue weighted by Crippen LogP contribution is 2.26. The van der Waals surface area contributed by atoms with Crippen molar-refractivity contribution in [3.8, 4) is 11.4 Å². The summed E-state index contributed by atoms with van der Waals surface area (Å²) >= 11 is 5.92. The van der Waals surface area contributed by atoms with E-state index in [1.165, 1.54) is 12.1 Å². The molecule has 0 radical (unpaired) electrons. The summed E-state index contributed by atoms with van der Waals surface area (Å²) in [7, 11) is 0. The lowest BCUT2D eigenvalue weighted by atomic mass is 10.2. The smallest absolute Gasteiger partial charge is 0.182 e. The molecule has 16 heavy (non-hydrogen) atoms. The second-order valence-electron chi connectivity index (χ2n) is 3.82. The van der Waals surface area contributed by atoms with Crippen LogP contribution < -0.4 is 0 Å². The van der Waals surface area contributed by atoms with E-state index in [1.807, 2.05) is 13.8 Å².